The summed E-state index contributed by atoms with van der Waals surface area (Å²) in [5.41, 5.74) is -0.478. The summed E-state index contributed by atoms with van der Waals surface area (Å²) in [5.74, 6) is -0.999. The Morgan fingerprint density at radius 3 is 2.71 bits per heavy atom. The second kappa shape index (κ2) is 6.75. The van der Waals surface area contributed by atoms with Crippen molar-refractivity contribution in [3.05, 3.63) is 48.4 Å². The fourth-order valence-electron chi connectivity index (χ4n) is 1.37. The number of carbonyl (C=O) groups is 2. The number of rotatable bonds is 6. The van der Waals surface area contributed by atoms with Gasteiger partial charge in [0.2, 0.25) is 12.1 Å². The lowest BCUT2D eigenvalue weighted by molar-refractivity contribution is -0.129. The van der Waals surface area contributed by atoms with Crippen LogP contribution in [0.2, 0.25) is 0 Å². The van der Waals surface area contributed by atoms with Gasteiger partial charge in [-0.2, -0.15) is 0 Å². The Morgan fingerprint density at radius 2 is 2.05 bits per heavy atom. The number of nitrogens with zero attached hydrogens (tertiary/aromatic N) is 3. The first-order chi connectivity index (χ1) is 10.2. The lowest BCUT2D eigenvalue weighted by Crippen LogP contribution is -2.19. The van der Waals surface area contributed by atoms with E-state index in [1.807, 2.05) is 0 Å². The molecule has 1 heterocycles. The lowest BCUT2D eigenvalue weighted by atomic mass is 10.3. The molecule has 1 aromatic heterocycles. The number of aliphatic carboxylic acids is 1. The monoisotopic (exact) mass is 286 g/mol. The van der Waals surface area contributed by atoms with E-state index < -0.39 is 11.7 Å². The van der Waals surface area contributed by atoms with Crippen molar-refractivity contribution in [3.8, 4) is 5.75 Å². The van der Waals surface area contributed by atoms with Crippen LogP contribution in [0.3, 0.4) is 0 Å². The summed E-state index contributed by atoms with van der Waals surface area (Å²) in [4.78, 5) is 34.2. The Hall–Kier alpha value is -3.29. The third-order valence-electron chi connectivity index (χ3n) is 2.26. The van der Waals surface area contributed by atoms with E-state index >= 15 is 0 Å². The molecule has 1 aromatic carbocycles. The van der Waals surface area contributed by atoms with Crippen molar-refractivity contribution < 1.29 is 19.5 Å². The maximum absolute atomic E-state index is 11.2. The third kappa shape index (κ3) is 3.83. The Morgan fingerprint density at radius 1 is 1.29 bits per heavy atom. The van der Waals surface area contributed by atoms with Crippen LogP contribution in [0, 0.1) is 0 Å². The highest BCUT2D eigenvalue weighted by atomic mass is 16.6. The van der Waals surface area contributed by atoms with Crippen LogP contribution in [0.4, 0.5) is 5.82 Å². The average Bonchev–Trinajstić information content (AvgIpc) is 2.49. The van der Waals surface area contributed by atoms with Gasteiger partial charge < -0.3 is 15.3 Å². The van der Waals surface area contributed by atoms with Gasteiger partial charge in [-0.3, -0.25) is 4.79 Å². The summed E-state index contributed by atoms with van der Waals surface area (Å²) in [6.45, 7) is 0. The number of nitrogens with one attached hydrogen (secondary N) is 1. The minimum atomic E-state index is -1.35. The predicted octanol–water partition coefficient (Wildman–Crippen LogP) is 0.913. The van der Waals surface area contributed by atoms with E-state index in [-0.39, 0.29) is 11.6 Å². The van der Waals surface area contributed by atoms with Crippen molar-refractivity contribution in [2.45, 2.75) is 0 Å². The predicted molar refractivity (Wildman–Crippen MR) is 73.0 cm³/mol. The average molecular weight is 286 g/mol. The van der Waals surface area contributed by atoms with Crippen LogP contribution >= 0.6 is 0 Å². The van der Waals surface area contributed by atoms with Gasteiger partial charge in [0.1, 0.15) is 5.82 Å². The Bertz CT molecular complexity index is 673. The molecule has 0 saturated carbocycles. The number of carboxylic acids is 1. The summed E-state index contributed by atoms with van der Waals surface area (Å²) in [6.07, 6.45) is 1.72. The number of hydrogen-bond donors (Lipinski definition) is 2. The van der Waals surface area contributed by atoms with E-state index in [0.717, 1.165) is 0 Å². The molecular weight excluding hydrogens is 276 g/mol. The Kier molecular flexibility index (Phi) is 4.54. The maximum atomic E-state index is 11.2. The van der Waals surface area contributed by atoms with Crippen molar-refractivity contribution in [1.82, 2.24) is 9.97 Å². The first kappa shape index (κ1) is 14.1. The maximum Gasteiger partial charge on any atom is 0.361 e. The van der Waals surface area contributed by atoms with Crippen molar-refractivity contribution in [1.29, 1.82) is 0 Å². The number of amides is 1. The van der Waals surface area contributed by atoms with E-state index in [0.29, 0.717) is 12.2 Å². The molecule has 0 spiro atoms. The standard InChI is InChI=1S/C13H10N4O4/c18-8-15-10-6-7-14-12(16-10)11(13(19)20)17-21-9-4-2-1-3-5-9/h1-8H,(H,19,20)(H,14,15,16,18)/b17-11+. The molecule has 0 aliphatic carbocycles. The number of oxime groups is 1. The zero-order valence-corrected chi connectivity index (χ0v) is 10.6. The highest BCUT2D eigenvalue weighted by Gasteiger charge is 2.17. The number of carboxylic acid groups (broad SMARTS) is 1. The van der Waals surface area contributed by atoms with Gasteiger partial charge >= 0.3 is 5.97 Å². The van der Waals surface area contributed by atoms with Gasteiger partial charge in [0.05, 0.1) is 0 Å². The van der Waals surface area contributed by atoms with Gasteiger partial charge in [-0.1, -0.05) is 23.4 Å². The summed E-state index contributed by atoms with van der Waals surface area (Å²) in [5, 5.41) is 15.0. The first-order valence-corrected chi connectivity index (χ1v) is 5.77. The highest BCUT2D eigenvalue weighted by Crippen LogP contribution is 2.09. The van der Waals surface area contributed by atoms with E-state index in [4.69, 9.17) is 9.94 Å². The van der Waals surface area contributed by atoms with Crippen LogP contribution in [0.15, 0.2) is 47.8 Å². The molecule has 2 rings (SSSR count). The van der Waals surface area contributed by atoms with Gasteiger partial charge in [-0.25, -0.2) is 14.8 Å². The molecule has 0 aliphatic heterocycles. The highest BCUT2D eigenvalue weighted by molar-refractivity contribution is 6.41. The molecule has 0 atom stereocenters. The number of aromatic nitrogens is 2. The molecule has 8 nitrogen and oxygen atoms in total. The molecule has 8 heteroatoms. The van der Waals surface area contributed by atoms with Crippen LogP contribution < -0.4 is 10.2 Å². The van der Waals surface area contributed by atoms with E-state index in [1.165, 1.54) is 12.3 Å². The summed E-state index contributed by atoms with van der Waals surface area (Å²) < 4.78 is 0. The largest absolute Gasteiger partial charge is 0.476 e. The molecule has 0 bridgehead atoms. The minimum absolute atomic E-state index is 0.156. The Labute approximate surface area is 119 Å². The van der Waals surface area contributed by atoms with Crippen molar-refractivity contribution in [3.63, 3.8) is 0 Å². The molecule has 2 aromatic rings. The minimum Gasteiger partial charge on any atom is -0.476 e. The van der Waals surface area contributed by atoms with Gasteiger partial charge in [0, 0.05) is 6.20 Å². The molecule has 1 amide bonds. The SMILES string of the molecule is O=CNc1ccnc(/C(=N\Oc2ccccc2)C(=O)O)n1. The number of para-hydroxylation sites is 1. The second-order valence-electron chi connectivity index (χ2n) is 3.68. The first-order valence-electron chi connectivity index (χ1n) is 5.77. The van der Waals surface area contributed by atoms with Crippen molar-refractivity contribution >= 4 is 23.9 Å². The number of carbonyl (C=O) groups excluding carboxylic acids is 1. The van der Waals surface area contributed by atoms with Gasteiger partial charge in [-0.05, 0) is 18.2 Å². The van der Waals surface area contributed by atoms with Gasteiger partial charge in [0.25, 0.3) is 0 Å². The molecule has 0 aliphatic rings. The van der Waals surface area contributed by atoms with Crippen LogP contribution in [-0.2, 0) is 9.59 Å². The molecule has 21 heavy (non-hydrogen) atoms. The van der Waals surface area contributed by atoms with Crippen LogP contribution in [0.25, 0.3) is 0 Å². The normalized spacial score (nSPS) is 10.8. The number of anilines is 1. The summed E-state index contributed by atoms with van der Waals surface area (Å²) >= 11 is 0. The van der Waals surface area contributed by atoms with E-state index in [2.05, 4.69) is 20.4 Å². The third-order valence-corrected chi connectivity index (χ3v) is 2.26. The number of hydrogen-bond acceptors (Lipinski definition) is 6. The van der Waals surface area contributed by atoms with Crippen molar-refractivity contribution in [2.75, 3.05) is 5.32 Å². The Balaban J connectivity index is 2.28. The molecule has 0 fully saturated rings. The molecular formula is C13H10N4O4. The summed E-state index contributed by atoms with van der Waals surface area (Å²) in [6, 6.07) is 9.87. The molecule has 2 N–H and O–H groups in total. The van der Waals surface area contributed by atoms with Crippen molar-refractivity contribution in [2.24, 2.45) is 5.16 Å². The van der Waals surface area contributed by atoms with Crippen LogP contribution in [0.1, 0.15) is 5.82 Å². The zero-order valence-electron chi connectivity index (χ0n) is 10.6. The molecule has 0 radical (unpaired) electrons. The second-order valence-corrected chi connectivity index (χ2v) is 3.68. The molecule has 106 valence electrons. The van der Waals surface area contributed by atoms with Crippen LogP contribution in [-0.4, -0.2) is 33.2 Å². The van der Waals surface area contributed by atoms with E-state index in [9.17, 15) is 9.59 Å². The van der Waals surface area contributed by atoms with Crippen LogP contribution in [0.5, 0.6) is 5.75 Å². The fraction of sp³-hybridized carbons (Fsp3) is 0. The number of benzene rings is 1. The zero-order chi connectivity index (χ0) is 15.1. The van der Waals surface area contributed by atoms with Gasteiger partial charge in [-0.15, -0.1) is 0 Å². The lowest BCUT2D eigenvalue weighted by Gasteiger charge is -2.03. The summed E-state index contributed by atoms with van der Waals surface area (Å²) in [7, 11) is 0. The fourth-order valence-corrected chi connectivity index (χ4v) is 1.37. The quantitative estimate of drug-likeness (QED) is 0.463. The topological polar surface area (TPSA) is 114 Å². The molecule has 0 saturated heterocycles. The van der Waals surface area contributed by atoms with Gasteiger partial charge in [0.15, 0.2) is 11.6 Å². The molecule has 0 unspecified atom stereocenters. The smallest absolute Gasteiger partial charge is 0.361 e. The van der Waals surface area contributed by atoms with E-state index in [1.54, 1.807) is 30.3 Å².